The Hall–Kier alpha value is -1.43. The van der Waals surface area contributed by atoms with Crippen molar-refractivity contribution in [1.82, 2.24) is 9.97 Å². The highest BCUT2D eigenvalue weighted by molar-refractivity contribution is 6.28. The SMILES string of the molecule is CN(CC1CCC1)c1nc(Cl)ncc1[N+](=O)[O-]. The molecule has 1 heterocycles. The van der Waals surface area contributed by atoms with E-state index >= 15 is 0 Å². The first kappa shape index (κ1) is 12.0. The molecule has 1 aliphatic rings. The smallest absolute Gasteiger partial charge is 0.329 e. The van der Waals surface area contributed by atoms with Gasteiger partial charge in [-0.15, -0.1) is 0 Å². The van der Waals surface area contributed by atoms with E-state index in [1.807, 2.05) is 0 Å². The lowest BCUT2D eigenvalue weighted by molar-refractivity contribution is -0.384. The summed E-state index contributed by atoms with van der Waals surface area (Å²) < 4.78 is 0. The molecule has 0 radical (unpaired) electrons. The van der Waals surface area contributed by atoms with E-state index in [4.69, 9.17) is 11.6 Å². The van der Waals surface area contributed by atoms with Gasteiger partial charge in [-0.05, 0) is 30.4 Å². The molecule has 0 aliphatic heterocycles. The van der Waals surface area contributed by atoms with E-state index in [0.717, 1.165) is 12.7 Å². The van der Waals surface area contributed by atoms with Crippen LogP contribution in [0, 0.1) is 16.0 Å². The van der Waals surface area contributed by atoms with E-state index in [1.54, 1.807) is 11.9 Å². The molecule has 0 spiro atoms. The maximum absolute atomic E-state index is 10.9. The predicted octanol–water partition coefficient (Wildman–Crippen LogP) is 2.27. The molecule has 1 fully saturated rings. The third kappa shape index (κ3) is 2.63. The van der Waals surface area contributed by atoms with Crippen molar-refractivity contribution in [2.75, 3.05) is 18.5 Å². The molecule has 0 bridgehead atoms. The largest absolute Gasteiger partial charge is 0.354 e. The van der Waals surface area contributed by atoms with Crippen LogP contribution in [0.15, 0.2) is 6.20 Å². The Morgan fingerprint density at radius 2 is 2.35 bits per heavy atom. The molecule has 17 heavy (non-hydrogen) atoms. The average Bonchev–Trinajstić information content (AvgIpc) is 2.22. The first-order valence-corrected chi connectivity index (χ1v) is 5.84. The molecule has 0 N–H and O–H groups in total. The van der Waals surface area contributed by atoms with Crippen LogP contribution in [0.25, 0.3) is 0 Å². The summed E-state index contributed by atoms with van der Waals surface area (Å²) in [4.78, 5) is 19.8. The zero-order chi connectivity index (χ0) is 12.4. The van der Waals surface area contributed by atoms with Crippen molar-refractivity contribution in [2.24, 2.45) is 5.92 Å². The van der Waals surface area contributed by atoms with Crippen LogP contribution in [0.1, 0.15) is 19.3 Å². The van der Waals surface area contributed by atoms with Crippen molar-refractivity contribution in [3.05, 3.63) is 21.6 Å². The molecule has 0 amide bonds. The van der Waals surface area contributed by atoms with Gasteiger partial charge in [0, 0.05) is 13.6 Å². The van der Waals surface area contributed by atoms with Crippen molar-refractivity contribution < 1.29 is 4.92 Å². The Labute approximate surface area is 104 Å². The van der Waals surface area contributed by atoms with E-state index in [0.29, 0.717) is 11.7 Å². The second-order valence-electron chi connectivity index (χ2n) is 4.28. The number of hydrogen-bond acceptors (Lipinski definition) is 5. The molecular weight excluding hydrogens is 244 g/mol. The zero-order valence-corrected chi connectivity index (χ0v) is 10.2. The molecule has 7 heteroatoms. The van der Waals surface area contributed by atoms with Gasteiger partial charge in [0.25, 0.3) is 0 Å². The quantitative estimate of drug-likeness (QED) is 0.469. The van der Waals surface area contributed by atoms with Gasteiger partial charge in [-0.3, -0.25) is 10.1 Å². The van der Waals surface area contributed by atoms with E-state index < -0.39 is 4.92 Å². The highest BCUT2D eigenvalue weighted by Crippen LogP contribution is 2.31. The zero-order valence-electron chi connectivity index (χ0n) is 9.47. The number of anilines is 1. The second kappa shape index (κ2) is 4.83. The topological polar surface area (TPSA) is 72.2 Å². The minimum absolute atomic E-state index is 0.0334. The minimum Gasteiger partial charge on any atom is -0.354 e. The van der Waals surface area contributed by atoms with E-state index in [-0.39, 0.29) is 11.0 Å². The molecule has 2 rings (SSSR count). The van der Waals surface area contributed by atoms with Crippen LogP contribution in [0.5, 0.6) is 0 Å². The highest BCUT2D eigenvalue weighted by Gasteiger charge is 2.25. The maximum Gasteiger partial charge on any atom is 0.329 e. The summed E-state index contributed by atoms with van der Waals surface area (Å²) >= 11 is 5.68. The fourth-order valence-electron chi connectivity index (χ4n) is 1.90. The van der Waals surface area contributed by atoms with Crippen molar-refractivity contribution >= 4 is 23.1 Å². The number of aromatic nitrogens is 2. The van der Waals surface area contributed by atoms with Gasteiger partial charge in [0.05, 0.1) is 4.92 Å². The molecule has 1 aromatic rings. The van der Waals surface area contributed by atoms with Gasteiger partial charge in [0.2, 0.25) is 11.1 Å². The summed E-state index contributed by atoms with van der Waals surface area (Å²) in [5, 5.41) is 10.9. The fourth-order valence-corrected chi connectivity index (χ4v) is 2.03. The third-order valence-corrected chi connectivity index (χ3v) is 3.22. The van der Waals surface area contributed by atoms with Crippen LogP contribution >= 0.6 is 11.6 Å². The molecule has 1 aromatic heterocycles. The number of nitro groups is 1. The normalized spacial score (nSPS) is 15.4. The lowest BCUT2D eigenvalue weighted by atomic mass is 9.85. The van der Waals surface area contributed by atoms with Crippen molar-refractivity contribution in [3.63, 3.8) is 0 Å². The van der Waals surface area contributed by atoms with Crippen molar-refractivity contribution in [2.45, 2.75) is 19.3 Å². The molecule has 6 nitrogen and oxygen atoms in total. The van der Waals surface area contributed by atoms with E-state index in [1.165, 1.54) is 19.3 Å². The van der Waals surface area contributed by atoms with E-state index in [2.05, 4.69) is 9.97 Å². The Kier molecular flexibility index (Phi) is 3.42. The molecular formula is C10H13ClN4O2. The molecule has 0 saturated heterocycles. The summed E-state index contributed by atoms with van der Waals surface area (Å²) in [5.74, 6) is 0.898. The van der Waals surface area contributed by atoms with Gasteiger partial charge in [-0.1, -0.05) is 6.42 Å². The fraction of sp³-hybridized carbons (Fsp3) is 0.600. The van der Waals surface area contributed by atoms with Crippen LogP contribution in [-0.2, 0) is 0 Å². The van der Waals surface area contributed by atoms with Gasteiger partial charge in [-0.2, -0.15) is 4.98 Å². The van der Waals surface area contributed by atoms with Crippen molar-refractivity contribution in [3.8, 4) is 0 Å². The summed E-state index contributed by atoms with van der Waals surface area (Å²) in [6.07, 6.45) is 4.75. The van der Waals surface area contributed by atoms with Crippen LogP contribution < -0.4 is 4.90 Å². The van der Waals surface area contributed by atoms with Crippen molar-refractivity contribution in [1.29, 1.82) is 0 Å². The Morgan fingerprint density at radius 3 is 2.88 bits per heavy atom. The van der Waals surface area contributed by atoms with Gasteiger partial charge < -0.3 is 4.90 Å². The van der Waals surface area contributed by atoms with Gasteiger partial charge in [-0.25, -0.2) is 4.98 Å². The van der Waals surface area contributed by atoms with Gasteiger partial charge in [0.15, 0.2) is 0 Å². The Balaban J connectivity index is 2.21. The number of hydrogen-bond donors (Lipinski definition) is 0. The average molecular weight is 257 g/mol. The molecule has 0 unspecified atom stereocenters. The summed E-state index contributed by atoms with van der Waals surface area (Å²) in [5.41, 5.74) is -0.101. The van der Waals surface area contributed by atoms with Gasteiger partial charge >= 0.3 is 5.69 Å². The number of nitrogens with zero attached hydrogens (tertiary/aromatic N) is 4. The Morgan fingerprint density at radius 1 is 1.65 bits per heavy atom. The molecule has 1 aliphatic carbocycles. The Bertz CT molecular complexity index is 436. The van der Waals surface area contributed by atoms with E-state index in [9.17, 15) is 10.1 Å². The lowest BCUT2D eigenvalue weighted by Crippen LogP contribution is -2.30. The van der Waals surface area contributed by atoms with Crippen LogP contribution in [0.4, 0.5) is 11.5 Å². The maximum atomic E-state index is 10.9. The molecule has 0 atom stereocenters. The first-order valence-electron chi connectivity index (χ1n) is 5.46. The highest BCUT2D eigenvalue weighted by atomic mass is 35.5. The number of halogens is 1. The predicted molar refractivity (Wildman–Crippen MR) is 64.3 cm³/mol. The lowest BCUT2D eigenvalue weighted by Gasteiger charge is -2.30. The summed E-state index contributed by atoms with van der Waals surface area (Å²) in [7, 11) is 1.80. The number of rotatable bonds is 4. The van der Waals surface area contributed by atoms with Gasteiger partial charge in [0.1, 0.15) is 6.20 Å². The monoisotopic (exact) mass is 256 g/mol. The first-order chi connectivity index (χ1) is 8.08. The summed E-state index contributed by atoms with van der Waals surface area (Å²) in [6, 6.07) is 0. The summed E-state index contributed by atoms with van der Waals surface area (Å²) in [6.45, 7) is 0.772. The molecule has 1 saturated carbocycles. The minimum atomic E-state index is -0.483. The van der Waals surface area contributed by atoms with Crippen LogP contribution in [0.2, 0.25) is 5.28 Å². The molecule has 0 aromatic carbocycles. The standard InChI is InChI=1S/C10H13ClN4O2/c1-14(6-7-3-2-4-7)9-8(15(16)17)5-12-10(11)13-9/h5,7H,2-4,6H2,1H3. The van der Waals surface area contributed by atoms with Crippen LogP contribution in [0.3, 0.4) is 0 Å². The van der Waals surface area contributed by atoms with Crippen LogP contribution in [-0.4, -0.2) is 28.5 Å². The molecule has 92 valence electrons. The third-order valence-electron chi connectivity index (χ3n) is 3.04. The second-order valence-corrected chi connectivity index (χ2v) is 4.62.